The summed E-state index contributed by atoms with van der Waals surface area (Å²) in [5, 5.41) is 14.6. The van der Waals surface area contributed by atoms with Crippen LogP contribution in [0.4, 0.5) is 5.82 Å². The average molecular weight is 259 g/mol. The molecule has 18 heavy (non-hydrogen) atoms. The van der Waals surface area contributed by atoms with Gasteiger partial charge in [-0.3, -0.25) is 0 Å². The lowest BCUT2D eigenvalue weighted by Crippen LogP contribution is -2.07. The van der Waals surface area contributed by atoms with E-state index in [9.17, 15) is 5.26 Å². The lowest BCUT2D eigenvalue weighted by atomic mass is 10.3. The Balaban J connectivity index is 2.06. The predicted octanol–water partition coefficient (Wildman–Crippen LogP) is 2.22. The van der Waals surface area contributed by atoms with Crippen molar-refractivity contribution in [3.63, 3.8) is 0 Å². The van der Waals surface area contributed by atoms with Gasteiger partial charge in [0.05, 0.1) is 6.20 Å². The molecule has 6 heteroatoms. The molecular formula is C12H13N5S. The molecule has 1 aliphatic rings. The van der Waals surface area contributed by atoms with Crippen LogP contribution in [-0.2, 0) is 0 Å². The van der Waals surface area contributed by atoms with Crippen molar-refractivity contribution in [1.82, 2.24) is 14.6 Å². The van der Waals surface area contributed by atoms with E-state index in [0.717, 1.165) is 5.03 Å². The Morgan fingerprint density at radius 2 is 2.22 bits per heavy atom. The van der Waals surface area contributed by atoms with Gasteiger partial charge in [-0.2, -0.15) is 14.9 Å². The maximum Gasteiger partial charge on any atom is 0.158 e. The van der Waals surface area contributed by atoms with Gasteiger partial charge in [0.2, 0.25) is 0 Å². The van der Waals surface area contributed by atoms with Gasteiger partial charge in [-0.25, -0.2) is 4.98 Å². The van der Waals surface area contributed by atoms with Gasteiger partial charge >= 0.3 is 0 Å². The van der Waals surface area contributed by atoms with Crippen molar-refractivity contribution < 1.29 is 0 Å². The highest BCUT2D eigenvalue weighted by Crippen LogP contribution is 2.36. The summed E-state index contributed by atoms with van der Waals surface area (Å²) in [6, 6.07) is 3.95. The number of hydrogen-bond acceptors (Lipinski definition) is 5. The molecule has 0 bridgehead atoms. The minimum Gasteiger partial charge on any atom is -0.382 e. The molecule has 0 aliphatic heterocycles. The van der Waals surface area contributed by atoms with Gasteiger partial charge in [-0.1, -0.05) is 12.8 Å². The third kappa shape index (κ3) is 1.81. The fraction of sp³-hybridized carbons (Fsp3) is 0.417. The SMILES string of the molecule is N#Cc1c(SC2CCCC2)nc2ccnn2c1N. The van der Waals surface area contributed by atoms with Gasteiger partial charge in [0.25, 0.3) is 0 Å². The van der Waals surface area contributed by atoms with Crippen LogP contribution in [-0.4, -0.2) is 19.8 Å². The topological polar surface area (TPSA) is 80.0 Å². The Bertz CT molecular complexity index is 621. The van der Waals surface area contributed by atoms with Crippen LogP contribution in [0, 0.1) is 11.3 Å². The fourth-order valence-corrected chi connectivity index (χ4v) is 3.60. The number of rotatable bonds is 2. The number of hydrogen-bond donors (Lipinski definition) is 1. The molecule has 5 nitrogen and oxygen atoms in total. The molecule has 1 aliphatic carbocycles. The van der Waals surface area contributed by atoms with Crippen LogP contribution in [0.15, 0.2) is 17.3 Å². The van der Waals surface area contributed by atoms with E-state index in [1.165, 1.54) is 30.2 Å². The third-order valence-corrected chi connectivity index (χ3v) is 4.55. The Kier molecular flexibility index (Phi) is 2.84. The van der Waals surface area contributed by atoms with Crippen LogP contribution < -0.4 is 5.73 Å². The van der Waals surface area contributed by atoms with Gasteiger partial charge in [0.1, 0.15) is 22.5 Å². The van der Waals surface area contributed by atoms with Gasteiger partial charge < -0.3 is 5.73 Å². The molecule has 1 saturated carbocycles. The van der Waals surface area contributed by atoms with Gasteiger partial charge in [0, 0.05) is 11.3 Å². The second-order valence-corrected chi connectivity index (χ2v) is 5.70. The molecule has 3 rings (SSSR count). The van der Waals surface area contributed by atoms with E-state index < -0.39 is 0 Å². The average Bonchev–Trinajstić information content (AvgIpc) is 3.00. The van der Waals surface area contributed by atoms with Crippen LogP contribution in [0.25, 0.3) is 5.65 Å². The number of nitrogen functional groups attached to an aromatic ring is 1. The van der Waals surface area contributed by atoms with Crippen molar-refractivity contribution in [3.05, 3.63) is 17.8 Å². The minimum absolute atomic E-state index is 0.382. The number of thioether (sulfide) groups is 1. The normalized spacial score (nSPS) is 16.2. The molecule has 2 aromatic rings. The van der Waals surface area contributed by atoms with E-state index in [1.807, 2.05) is 0 Å². The first-order chi connectivity index (χ1) is 8.79. The third-order valence-electron chi connectivity index (χ3n) is 3.23. The molecule has 0 unspecified atom stereocenters. The Morgan fingerprint density at radius 3 is 2.94 bits per heavy atom. The molecule has 92 valence electrons. The second-order valence-electron chi connectivity index (χ2n) is 4.41. The zero-order valence-corrected chi connectivity index (χ0v) is 10.7. The number of anilines is 1. The lowest BCUT2D eigenvalue weighted by Gasteiger charge is -2.11. The molecule has 1 fully saturated rings. The summed E-state index contributed by atoms with van der Waals surface area (Å²) in [5.74, 6) is 0.382. The lowest BCUT2D eigenvalue weighted by molar-refractivity contribution is 0.886. The van der Waals surface area contributed by atoms with Crippen molar-refractivity contribution in [2.75, 3.05) is 5.73 Å². The zero-order valence-electron chi connectivity index (χ0n) is 9.83. The minimum atomic E-state index is 0.382. The largest absolute Gasteiger partial charge is 0.382 e. The van der Waals surface area contributed by atoms with Crippen molar-refractivity contribution in [1.29, 1.82) is 5.26 Å². The van der Waals surface area contributed by atoms with Crippen molar-refractivity contribution >= 4 is 23.2 Å². The van der Waals surface area contributed by atoms with Gasteiger partial charge in [-0.05, 0) is 12.8 Å². The first kappa shape index (κ1) is 11.4. The Hall–Kier alpha value is -1.74. The molecule has 2 aromatic heterocycles. The summed E-state index contributed by atoms with van der Waals surface area (Å²) in [6.45, 7) is 0. The highest BCUT2D eigenvalue weighted by molar-refractivity contribution is 7.99. The molecular weight excluding hydrogens is 246 g/mol. The molecule has 0 amide bonds. The molecule has 0 saturated heterocycles. The molecule has 0 radical (unpaired) electrons. The standard InChI is InChI=1S/C12H13N5S/c13-7-9-11(14)17-10(5-6-15-17)16-12(9)18-8-3-1-2-4-8/h5-6,8H,1-4,14H2. The van der Waals surface area contributed by atoms with Crippen LogP contribution in [0.2, 0.25) is 0 Å². The maximum atomic E-state index is 9.25. The summed E-state index contributed by atoms with van der Waals surface area (Å²) in [7, 11) is 0. The Morgan fingerprint density at radius 1 is 1.44 bits per heavy atom. The summed E-state index contributed by atoms with van der Waals surface area (Å²) in [4.78, 5) is 4.49. The van der Waals surface area contributed by atoms with Crippen LogP contribution >= 0.6 is 11.8 Å². The van der Waals surface area contributed by atoms with E-state index in [4.69, 9.17) is 5.73 Å². The van der Waals surface area contributed by atoms with Crippen LogP contribution in [0.5, 0.6) is 0 Å². The molecule has 2 N–H and O–H groups in total. The number of nitrogens with two attached hydrogens (primary N) is 1. The monoisotopic (exact) mass is 259 g/mol. The summed E-state index contributed by atoms with van der Waals surface area (Å²) in [6.07, 6.45) is 6.57. The summed E-state index contributed by atoms with van der Waals surface area (Å²) >= 11 is 1.68. The quantitative estimate of drug-likeness (QED) is 0.836. The number of aromatic nitrogens is 3. The molecule has 0 atom stereocenters. The summed E-state index contributed by atoms with van der Waals surface area (Å²) < 4.78 is 1.51. The highest BCUT2D eigenvalue weighted by atomic mass is 32.2. The van der Waals surface area contributed by atoms with Crippen molar-refractivity contribution in [3.8, 4) is 6.07 Å². The zero-order chi connectivity index (χ0) is 12.5. The predicted molar refractivity (Wildman–Crippen MR) is 70.2 cm³/mol. The second kappa shape index (κ2) is 4.50. The first-order valence-electron chi connectivity index (χ1n) is 5.99. The maximum absolute atomic E-state index is 9.25. The van der Waals surface area contributed by atoms with Crippen LogP contribution in [0.1, 0.15) is 31.2 Å². The first-order valence-corrected chi connectivity index (χ1v) is 6.87. The smallest absolute Gasteiger partial charge is 0.158 e. The number of nitriles is 1. The fourth-order valence-electron chi connectivity index (χ4n) is 2.30. The van der Waals surface area contributed by atoms with E-state index in [1.54, 1.807) is 24.0 Å². The Labute approximate surface area is 109 Å². The molecule has 2 heterocycles. The van der Waals surface area contributed by atoms with Gasteiger partial charge in [-0.15, -0.1) is 11.8 Å². The number of fused-ring (bicyclic) bond motifs is 1. The van der Waals surface area contributed by atoms with Crippen molar-refractivity contribution in [2.24, 2.45) is 0 Å². The van der Waals surface area contributed by atoms with E-state index in [0.29, 0.717) is 22.3 Å². The van der Waals surface area contributed by atoms with E-state index in [-0.39, 0.29) is 0 Å². The van der Waals surface area contributed by atoms with E-state index in [2.05, 4.69) is 16.2 Å². The van der Waals surface area contributed by atoms with Crippen LogP contribution in [0.3, 0.4) is 0 Å². The summed E-state index contributed by atoms with van der Waals surface area (Å²) in [5.41, 5.74) is 7.12. The van der Waals surface area contributed by atoms with E-state index >= 15 is 0 Å². The molecule has 0 aromatic carbocycles. The molecule has 0 spiro atoms. The highest BCUT2D eigenvalue weighted by Gasteiger charge is 2.21. The number of nitrogens with zero attached hydrogens (tertiary/aromatic N) is 4. The van der Waals surface area contributed by atoms with Crippen molar-refractivity contribution in [2.45, 2.75) is 36.0 Å². The van der Waals surface area contributed by atoms with Gasteiger partial charge in [0.15, 0.2) is 5.65 Å².